The summed E-state index contributed by atoms with van der Waals surface area (Å²) in [4.78, 5) is 33.6. The smallest absolute Gasteiger partial charge is 0.326 e. The molecule has 0 aromatic carbocycles. The number of esters is 1. The third-order valence-corrected chi connectivity index (χ3v) is 2.26. The van der Waals surface area contributed by atoms with Crippen LogP contribution in [0.5, 0.6) is 0 Å². The Labute approximate surface area is 103 Å². The molecule has 8 heteroatoms. The van der Waals surface area contributed by atoms with Crippen molar-refractivity contribution in [2.24, 2.45) is 7.05 Å². The number of carbonyl (C=O) groups excluding carboxylic acids is 2. The summed E-state index contributed by atoms with van der Waals surface area (Å²) in [5, 5.41) is 14.9. The van der Waals surface area contributed by atoms with Crippen molar-refractivity contribution in [3.63, 3.8) is 0 Å². The fourth-order valence-electron chi connectivity index (χ4n) is 1.28. The van der Waals surface area contributed by atoms with Gasteiger partial charge in [0.2, 0.25) is 0 Å². The summed E-state index contributed by atoms with van der Waals surface area (Å²) in [5.41, 5.74) is 0.200. The number of nitrogens with zero attached hydrogens (tertiary/aromatic N) is 2. The molecule has 1 amide bonds. The maximum Gasteiger partial charge on any atom is 0.326 e. The standard InChI is InChI=1S/C10H13N3O5/c1-13-7(3-4-11-13)9(15)12-6(10(16)17)5-8(14)18-2/h3-4,6H,5H2,1-2H3,(H,12,15)(H,16,17)/t6-/m0/s1. The van der Waals surface area contributed by atoms with Crippen LogP contribution in [0.4, 0.5) is 0 Å². The topological polar surface area (TPSA) is 111 Å². The first-order chi connectivity index (χ1) is 8.45. The largest absolute Gasteiger partial charge is 0.480 e. The molecule has 18 heavy (non-hydrogen) atoms. The number of carboxylic acids is 1. The lowest BCUT2D eigenvalue weighted by atomic mass is 10.2. The van der Waals surface area contributed by atoms with Gasteiger partial charge in [0.25, 0.3) is 5.91 Å². The van der Waals surface area contributed by atoms with Gasteiger partial charge in [0.1, 0.15) is 11.7 Å². The highest BCUT2D eigenvalue weighted by Crippen LogP contribution is 2.00. The van der Waals surface area contributed by atoms with E-state index in [-0.39, 0.29) is 5.69 Å². The first kappa shape index (κ1) is 13.7. The first-order valence-corrected chi connectivity index (χ1v) is 5.04. The second kappa shape index (κ2) is 5.80. The summed E-state index contributed by atoms with van der Waals surface area (Å²) in [6.07, 6.45) is 0.973. The predicted molar refractivity (Wildman–Crippen MR) is 58.7 cm³/mol. The molecule has 0 aliphatic heterocycles. The SMILES string of the molecule is COC(=O)C[C@H](NC(=O)c1ccnn1C)C(=O)O. The maximum absolute atomic E-state index is 11.7. The van der Waals surface area contributed by atoms with Crippen molar-refractivity contribution in [3.8, 4) is 0 Å². The van der Waals surface area contributed by atoms with Crippen LogP contribution in [0, 0.1) is 0 Å². The Balaban J connectivity index is 2.73. The Morgan fingerprint density at radius 3 is 2.67 bits per heavy atom. The van der Waals surface area contributed by atoms with Crippen molar-refractivity contribution in [1.82, 2.24) is 15.1 Å². The third kappa shape index (κ3) is 3.30. The normalized spacial score (nSPS) is 11.7. The minimum atomic E-state index is -1.33. The van der Waals surface area contributed by atoms with Gasteiger partial charge < -0.3 is 15.2 Å². The molecule has 0 fully saturated rings. The molecular weight excluding hydrogens is 242 g/mol. The number of aliphatic carboxylic acids is 1. The lowest BCUT2D eigenvalue weighted by Gasteiger charge is -2.13. The molecule has 0 unspecified atom stereocenters. The van der Waals surface area contributed by atoms with Gasteiger partial charge in [-0.1, -0.05) is 0 Å². The fraction of sp³-hybridized carbons (Fsp3) is 0.400. The molecule has 8 nitrogen and oxygen atoms in total. The van der Waals surface area contributed by atoms with E-state index in [0.29, 0.717) is 0 Å². The van der Waals surface area contributed by atoms with Crippen LogP contribution in [0.2, 0.25) is 0 Å². The Morgan fingerprint density at radius 1 is 1.56 bits per heavy atom. The quantitative estimate of drug-likeness (QED) is 0.664. The minimum Gasteiger partial charge on any atom is -0.480 e. The molecule has 2 N–H and O–H groups in total. The molecule has 0 radical (unpaired) electrons. The number of aromatic nitrogens is 2. The molecule has 0 spiro atoms. The van der Waals surface area contributed by atoms with Crippen LogP contribution in [0.3, 0.4) is 0 Å². The first-order valence-electron chi connectivity index (χ1n) is 5.04. The van der Waals surface area contributed by atoms with Gasteiger partial charge in [-0.15, -0.1) is 0 Å². The summed E-state index contributed by atoms with van der Waals surface area (Å²) in [5.74, 6) is -2.64. The number of ether oxygens (including phenoxy) is 1. The monoisotopic (exact) mass is 255 g/mol. The zero-order valence-electron chi connectivity index (χ0n) is 9.91. The predicted octanol–water partition coefficient (Wildman–Crippen LogP) is -0.834. The molecule has 1 rings (SSSR count). The molecule has 1 atom stereocenters. The number of carbonyl (C=O) groups is 3. The number of aryl methyl sites for hydroxylation is 1. The van der Waals surface area contributed by atoms with E-state index < -0.39 is 30.3 Å². The van der Waals surface area contributed by atoms with E-state index in [0.717, 1.165) is 7.11 Å². The average Bonchev–Trinajstić information content (AvgIpc) is 2.74. The molecule has 0 bridgehead atoms. The molecule has 0 aliphatic rings. The van der Waals surface area contributed by atoms with Crippen molar-refractivity contribution in [2.45, 2.75) is 12.5 Å². The second-order valence-corrected chi connectivity index (χ2v) is 3.48. The minimum absolute atomic E-state index is 0.200. The number of methoxy groups -OCH3 is 1. The zero-order chi connectivity index (χ0) is 13.7. The third-order valence-electron chi connectivity index (χ3n) is 2.26. The van der Waals surface area contributed by atoms with Crippen molar-refractivity contribution >= 4 is 17.8 Å². The van der Waals surface area contributed by atoms with Gasteiger partial charge in [-0.2, -0.15) is 5.10 Å². The van der Waals surface area contributed by atoms with Crippen molar-refractivity contribution < 1.29 is 24.2 Å². The van der Waals surface area contributed by atoms with Gasteiger partial charge in [0.05, 0.1) is 13.5 Å². The fourth-order valence-corrected chi connectivity index (χ4v) is 1.28. The number of hydrogen-bond donors (Lipinski definition) is 2. The van der Waals surface area contributed by atoms with E-state index in [9.17, 15) is 14.4 Å². The molecule has 1 aromatic heterocycles. The van der Waals surface area contributed by atoms with Crippen molar-refractivity contribution in [3.05, 3.63) is 18.0 Å². The number of amides is 1. The van der Waals surface area contributed by atoms with Crippen LogP contribution in [-0.2, 0) is 21.4 Å². The zero-order valence-corrected chi connectivity index (χ0v) is 9.91. The Bertz CT molecular complexity index is 468. The van der Waals surface area contributed by atoms with Crippen molar-refractivity contribution in [1.29, 1.82) is 0 Å². The van der Waals surface area contributed by atoms with Crippen LogP contribution in [0.1, 0.15) is 16.9 Å². The summed E-state index contributed by atoms with van der Waals surface area (Å²) >= 11 is 0. The molecular formula is C10H13N3O5. The van der Waals surface area contributed by atoms with Gasteiger partial charge in [-0.25, -0.2) is 4.79 Å². The maximum atomic E-state index is 11.7. The second-order valence-electron chi connectivity index (χ2n) is 3.48. The van der Waals surface area contributed by atoms with Gasteiger partial charge in [0, 0.05) is 13.2 Å². The highest BCUT2D eigenvalue weighted by Gasteiger charge is 2.25. The Kier molecular flexibility index (Phi) is 4.41. The van der Waals surface area contributed by atoms with E-state index in [4.69, 9.17) is 5.11 Å². The van der Waals surface area contributed by atoms with Crippen LogP contribution in [0.25, 0.3) is 0 Å². The molecule has 0 aliphatic carbocycles. The van der Waals surface area contributed by atoms with E-state index in [2.05, 4.69) is 15.2 Å². The summed E-state index contributed by atoms with van der Waals surface area (Å²) in [7, 11) is 2.69. The molecule has 1 heterocycles. The number of carboxylic acid groups (broad SMARTS) is 1. The van der Waals surface area contributed by atoms with Crippen LogP contribution in [0.15, 0.2) is 12.3 Å². The summed E-state index contributed by atoms with van der Waals surface area (Å²) in [6.45, 7) is 0. The molecule has 0 saturated heterocycles. The lowest BCUT2D eigenvalue weighted by Crippen LogP contribution is -2.43. The van der Waals surface area contributed by atoms with E-state index in [1.54, 1.807) is 7.05 Å². The van der Waals surface area contributed by atoms with E-state index >= 15 is 0 Å². The van der Waals surface area contributed by atoms with Crippen molar-refractivity contribution in [2.75, 3.05) is 7.11 Å². The van der Waals surface area contributed by atoms with Gasteiger partial charge >= 0.3 is 11.9 Å². The highest BCUT2D eigenvalue weighted by molar-refractivity contribution is 5.96. The molecule has 0 saturated carbocycles. The Morgan fingerprint density at radius 2 is 2.22 bits per heavy atom. The van der Waals surface area contributed by atoms with Crippen LogP contribution < -0.4 is 5.32 Å². The average molecular weight is 255 g/mol. The van der Waals surface area contributed by atoms with Gasteiger partial charge in [-0.3, -0.25) is 14.3 Å². The van der Waals surface area contributed by atoms with E-state index in [1.165, 1.54) is 16.9 Å². The lowest BCUT2D eigenvalue weighted by molar-refractivity contribution is -0.147. The van der Waals surface area contributed by atoms with Gasteiger partial charge in [0.15, 0.2) is 0 Å². The van der Waals surface area contributed by atoms with E-state index in [1.807, 2.05) is 0 Å². The Hall–Kier alpha value is -2.38. The number of hydrogen-bond acceptors (Lipinski definition) is 5. The number of rotatable bonds is 5. The highest BCUT2D eigenvalue weighted by atomic mass is 16.5. The summed E-state index contributed by atoms with van der Waals surface area (Å²) < 4.78 is 5.65. The van der Waals surface area contributed by atoms with Gasteiger partial charge in [-0.05, 0) is 6.07 Å². The molecule has 1 aromatic rings. The van der Waals surface area contributed by atoms with Crippen LogP contribution >= 0.6 is 0 Å². The van der Waals surface area contributed by atoms with Crippen LogP contribution in [-0.4, -0.2) is 45.9 Å². The number of nitrogens with one attached hydrogen (secondary N) is 1. The summed E-state index contributed by atoms with van der Waals surface area (Å²) in [6, 6.07) is 0.103. The molecule has 98 valence electrons.